The molecular weight excluding hydrogens is 260 g/mol. The maximum Gasteiger partial charge on any atom is 0.225 e. The van der Waals surface area contributed by atoms with E-state index in [0.717, 1.165) is 45.1 Å². The Morgan fingerprint density at radius 1 is 1.26 bits per heavy atom. The summed E-state index contributed by atoms with van der Waals surface area (Å²) in [6.45, 7) is 3.03. The first kappa shape index (κ1) is 18.7. The Morgan fingerprint density at radius 3 is 2.47 bits per heavy atom. The predicted octanol–water partition coefficient (Wildman–Crippen LogP) is 3.35. The third-order valence-electron chi connectivity index (χ3n) is 4.06. The van der Waals surface area contributed by atoms with Gasteiger partial charge >= 0.3 is 0 Å². The molecule has 1 unspecified atom stereocenters. The van der Waals surface area contributed by atoms with Gasteiger partial charge < -0.3 is 10.6 Å². The zero-order chi connectivity index (χ0) is 13.4. The largest absolute Gasteiger partial charge is 0.346 e. The summed E-state index contributed by atoms with van der Waals surface area (Å²) in [4.78, 5) is 14.1. The van der Waals surface area contributed by atoms with E-state index in [2.05, 4.69) is 6.92 Å². The molecule has 19 heavy (non-hydrogen) atoms. The molecule has 1 saturated carbocycles. The zero-order valence-electron chi connectivity index (χ0n) is 12.6. The molecule has 2 N–H and O–H groups in total. The van der Waals surface area contributed by atoms with Crippen molar-refractivity contribution in [2.24, 2.45) is 11.7 Å². The van der Waals surface area contributed by atoms with Crippen molar-refractivity contribution in [2.45, 2.75) is 70.8 Å². The standard InChI is InChI=1S/C15H30N2O.ClH/c1-3-8-14(16)11-7-12-17(2)15(18)13-9-5-4-6-10-13;/h13-14H,3-12,16H2,1-2H3;1H. The lowest BCUT2D eigenvalue weighted by Gasteiger charge is -2.26. The molecule has 1 rings (SSSR count). The first-order valence-electron chi connectivity index (χ1n) is 7.65. The molecule has 3 nitrogen and oxygen atoms in total. The van der Waals surface area contributed by atoms with E-state index in [0.29, 0.717) is 17.9 Å². The fourth-order valence-corrected chi connectivity index (χ4v) is 2.88. The summed E-state index contributed by atoms with van der Waals surface area (Å²) in [5, 5.41) is 0. The first-order valence-corrected chi connectivity index (χ1v) is 7.65. The van der Waals surface area contributed by atoms with Crippen LogP contribution in [0.1, 0.15) is 64.7 Å². The van der Waals surface area contributed by atoms with Crippen LogP contribution in [0, 0.1) is 5.92 Å². The molecule has 4 heteroatoms. The molecule has 0 heterocycles. The van der Waals surface area contributed by atoms with Crippen LogP contribution in [0.15, 0.2) is 0 Å². The van der Waals surface area contributed by atoms with Gasteiger partial charge in [0.05, 0.1) is 0 Å². The molecule has 0 bridgehead atoms. The van der Waals surface area contributed by atoms with Gasteiger partial charge in [-0.15, -0.1) is 12.4 Å². The lowest BCUT2D eigenvalue weighted by atomic mass is 9.88. The molecule has 0 radical (unpaired) electrons. The van der Waals surface area contributed by atoms with Crippen molar-refractivity contribution < 1.29 is 4.79 Å². The SMILES string of the molecule is CCCC(N)CCCN(C)C(=O)C1CCCCC1.Cl. The van der Waals surface area contributed by atoms with Crippen LogP contribution in [-0.4, -0.2) is 30.4 Å². The molecule has 0 aliphatic heterocycles. The van der Waals surface area contributed by atoms with Crippen LogP contribution in [0.2, 0.25) is 0 Å². The van der Waals surface area contributed by atoms with Gasteiger partial charge in [-0.2, -0.15) is 0 Å². The van der Waals surface area contributed by atoms with Crippen molar-refractivity contribution >= 4 is 18.3 Å². The Kier molecular flexibility index (Phi) is 10.3. The highest BCUT2D eigenvalue weighted by molar-refractivity contribution is 5.85. The highest BCUT2D eigenvalue weighted by Gasteiger charge is 2.23. The van der Waals surface area contributed by atoms with Crippen molar-refractivity contribution in [1.29, 1.82) is 0 Å². The minimum atomic E-state index is 0. The number of hydrogen-bond donors (Lipinski definition) is 1. The third-order valence-corrected chi connectivity index (χ3v) is 4.06. The van der Waals surface area contributed by atoms with Crippen LogP contribution in [-0.2, 0) is 4.79 Å². The highest BCUT2D eigenvalue weighted by Crippen LogP contribution is 2.25. The summed E-state index contributed by atoms with van der Waals surface area (Å²) >= 11 is 0. The normalized spacial score (nSPS) is 17.6. The molecule has 114 valence electrons. The van der Waals surface area contributed by atoms with Crippen LogP contribution in [0.3, 0.4) is 0 Å². The van der Waals surface area contributed by atoms with Gasteiger partial charge in [-0.25, -0.2) is 0 Å². The molecule has 1 aliphatic carbocycles. The molecule has 0 aromatic carbocycles. The van der Waals surface area contributed by atoms with Gasteiger partial charge in [0.1, 0.15) is 0 Å². The molecule has 1 aliphatic rings. The monoisotopic (exact) mass is 290 g/mol. The zero-order valence-corrected chi connectivity index (χ0v) is 13.4. The van der Waals surface area contributed by atoms with Gasteiger partial charge in [-0.1, -0.05) is 32.6 Å². The second-order valence-electron chi connectivity index (χ2n) is 5.79. The van der Waals surface area contributed by atoms with Gasteiger partial charge in [-0.05, 0) is 32.1 Å². The van der Waals surface area contributed by atoms with Crippen molar-refractivity contribution in [3.63, 3.8) is 0 Å². The lowest BCUT2D eigenvalue weighted by Crippen LogP contribution is -2.35. The Balaban J connectivity index is 0.00000324. The van der Waals surface area contributed by atoms with E-state index in [1.807, 2.05) is 11.9 Å². The summed E-state index contributed by atoms with van der Waals surface area (Å²) in [6.07, 6.45) is 10.3. The second-order valence-corrected chi connectivity index (χ2v) is 5.79. The topological polar surface area (TPSA) is 46.3 Å². The lowest BCUT2D eigenvalue weighted by molar-refractivity contribution is -0.135. The number of rotatable bonds is 7. The van der Waals surface area contributed by atoms with E-state index >= 15 is 0 Å². The molecule has 0 spiro atoms. The van der Waals surface area contributed by atoms with E-state index in [9.17, 15) is 4.79 Å². The fourth-order valence-electron chi connectivity index (χ4n) is 2.88. The summed E-state index contributed by atoms with van der Waals surface area (Å²) in [5.74, 6) is 0.659. The maximum atomic E-state index is 12.2. The van der Waals surface area contributed by atoms with E-state index < -0.39 is 0 Å². The molecule has 1 amide bonds. The van der Waals surface area contributed by atoms with Gasteiger partial charge in [-0.3, -0.25) is 4.79 Å². The molecular formula is C15H31ClN2O. The van der Waals surface area contributed by atoms with Gasteiger partial charge in [0.2, 0.25) is 5.91 Å². The van der Waals surface area contributed by atoms with Crippen molar-refractivity contribution in [2.75, 3.05) is 13.6 Å². The Labute approximate surface area is 124 Å². The van der Waals surface area contributed by atoms with E-state index in [1.54, 1.807) is 0 Å². The minimum Gasteiger partial charge on any atom is -0.346 e. The second kappa shape index (κ2) is 10.5. The number of carbonyl (C=O) groups is 1. The van der Waals surface area contributed by atoms with Gasteiger partial charge in [0.15, 0.2) is 0 Å². The van der Waals surface area contributed by atoms with Crippen LogP contribution in [0.5, 0.6) is 0 Å². The Bertz CT molecular complexity index is 242. The van der Waals surface area contributed by atoms with Crippen LogP contribution < -0.4 is 5.73 Å². The third kappa shape index (κ3) is 7.17. The van der Waals surface area contributed by atoms with Gasteiger partial charge in [0, 0.05) is 25.6 Å². The number of hydrogen-bond acceptors (Lipinski definition) is 2. The van der Waals surface area contributed by atoms with Crippen LogP contribution in [0.4, 0.5) is 0 Å². The van der Waals surface area contributed by atoms with Gasteiger partial charge in [0.25, 0.3) is 0 Å². The van der Waals surface area contributed by atoms with Crippen molar-refractivity contribution in [1.82, 2.24) is 4.90 Å². The number of halogens is 1. The predicted molar refractivity (Wildman–Crippen MR) is 83.6 cm³/mol. The molecule has 0 aromatic rings. The highest BCUT2D eigenvalue weighted by atomic mass is 35.5. The van der Waals surface area contributed by atoms with E-state index in [-0.39, 0.29) is 12.4 Å². The quantitative estimate of drug-likeness (QED) is 0.781. The average molecular weight is 291 g/mol. The average Bonchev–Trinajstić information content (AvgIpc) is 2.39. The number of amides is 1. The van der Waals surface area contributed by atoms with E-state index in [4.69, 9.17) is 5.73 Å². The molecule has 0 saturated heterocycles. The summed E-state index contributed by atoms with van der Waals surface area (Å²) in [5.41, 5.74) is 5.99. The summed E-state index contributed by atoms with van der Waals surface area (Å²) in [7, 11) is 1.95. The van der Waals surface area contributed by atoms with Crippen molar-refractivity contribution in [3.8, 4) is 0 Å². The number of nitrogens with two attached hydrogens (primary N) is 1. The number of nitrogens with zero attached hydrogens (tertiary/aromatic N) is 1. The van der Waals surface area contributed by atoms with Crippen molar-refractivity contribution in [3.05, 3.63) is 0 Å². The molecule has 0 aromatic heterocycles. The summed E-state index contributed by atoms with van der Waals surface area (Å²) < 4.78 is 0. The van der Waals surface area contributed by atoms with Crippen LogP contribution >= 0.6 is 12.4 Å². The summed E-state index contributed by atoms with van der Waals surface area (Å²) in [6, 6.07) is 0.313. The fraction of sp³-hybridized carbons (Fsp3) is 0.933. The molecule has 1 atom stereocenters. The first-order chi connectivity index (χ1) is 8.65. The Morgan fingerprint density at radius 2 is 1.89 bits per heavy atom. The maximum absolute atomic E-state index is 12.2. The molecule has 1 fully saturated rings. The number of carbonyl (C=O) groups excluding carboxylic acids is 1. The Hall–Kier alpha value is -0.280. The van der Waals surface area contributed by atoms with Crippen LogP contribution in [0.25, 0.3) is 0 Å². The van der Waals surface area contributed by atoms with E-state index in [1.165, 1.54) is 19.3 Å². The minimum absolute atomic E-state index is 0. The smallest absolute Gasteiger partial charge is 0.225 e.